The minimum atomic E-state index is -0.354. The molecule has 114 valence electrons. The van der Waals surface area contributed by atoms with Gasteiger partial charge in [-0.25, -0.2) is 0 Å². The van der Waals surface area contributed by atoms with Crippen molar-refractivity contribution < 1.29 is 5.11 Å². The van der Waals surface area contributed by atoms with Crippen molar-refractivity contribution >= 4 is 0 Å². The van der Waals surface area contributed by atoms with Gasteiger partial charge in [-0.1, -0.05) is 0 Å². The lowest BCUT2D eigenvalue weighted by Crippen LogP contribution is -2.40. The summed E-state index contributed by atoms with van der Waals surface area (Å²) in [4.78, 5) is 2.35. The molecule has 6 heteroatoms. The first-order chi connectivity index (χ1) is 10.3. The van der Waals surface area contributed by atoms with Gasteiger partial charge in [0.05, 0.1) is 12.6 Å². The van der Waals surface area contributed by atoms with E-state index in [1.54, 1.807) is 10.9 Å². The third-order valence-electron chi connectivity index (χ3n) is 4.14. The second-order valence-electron chi connectivity index (χ2n) is 5.85. The fourth-order valence-corrected chi connectivity index (χ4v) is 3.00. The third-order valence-corrected chi connectivity index (χ3v) is 4.14. The molecular formula is C15H23N5O. The van der Waals surface area contributed by atoms with E-state index in [0.717, 1.165) is 26.2 Å². The van der Waals surface area contributed by atoms with Gasteiger partial charge in [-0.05, 0) is 44.0 Å². The van der Waals surface area contributed by atoms with Gasteiger partial charge in [0.2, 0.25) is 0 Å². The normalized spacial score (nSPS) is 18.9. The molecule has 1 aliphatic rings. The molecule has 1 aliphatic heterocycles. The Morgan fingerprint density at radius 3 is 2.29 bits per heavy atom. The molecule has 2 aromatic rings. The van der Waals surface area contributed by atoms with E-state index < -0.39 is 0 Å². The minimum Gasteiger partial charge on any atom is -0.390 e. The predicted molar refractivity (Wildman–Crippen MR) is 79.6 cm³/mol. The number of β-amino-alcohol motifs (C(OH)–C–C–N with tert-alkyl or cyclic N) is 1. The van der Waals surface area contributed by atoms with Crippen molar-refractivity contribution in [2.75, 3.05) is 19.6 Å². The molecule has 0 unspecified atom stereocenters. The highest BCUT2D eigenvalue weighted by molar-refractivity contribution is 4.81. The number of nitrogens with zero attached hydrogens (tertiary/aromatic N) is 5. The minimum absolute atomic E-state index is 0.354. The monoisotopic (exact) mass is 289 g/mol. The molecule has 6 nitrogen and oxygen atoms in total. The number of hydrogen-bond donors (Lipinski definition) is 1. The van der Waals surface area contributed by atoms with E-state index >= 15 is 0 Å². The lowest BCUT2D eigenvalue weighted by atomic mass is 9.96. The van der Waals surface area contributed by atoms with Crippen LogP contribution in [0.25, 0.3) is 0 Å². The second kappa shape index (κ2) is 6.87. The summed E-state index contributed by atoms with van der Waals surface area (Å²) >= 11 is 0. The molecule has 0 radical (unpaired) electrons. The largest absolute Gasteiger partial charge is 0.390 e. The standard InChI is InChI=1S/C15H23N5O/c21-15(13-20-8-2-6-17-20)12-18-9-3-14(4-10-18)11-19-7-1-5-16-19/h1-2,5-8,14-15,21H,3-4,9-13H2/t15-/m1/s1. The summed E-state index contributed by atoms with van der Waals surface area (Å²) in [6.45, 7) is 4.43. The first-order valence-corrected chi connectivity index (χ1v) is 7.65. The Labute approximate surface area is 125 Å². The number of aliphatic hydroxyl groups excluding tert-OH is 1. The molecule has 2 aromatic heterocycles. The highest BCUT2D eigenvalue weighted by atomic mass is 16.3. The summed E-state index contributed by atoms with van der Waals surface area (Å²) in [7, 11) is 0. The Balaban J connectivity index is 1.39. The van der Waals surface area contributed by atoms with Crippen LogP contribution in [-0.2, 0) is 13.1 Å². The molecule has 0 aromatic carbocycles. The molecule has 3 heterocycles. The van der Waals surface area contributed by atoms with E-state index in [1.807, 2.05) is 35.4 Å². The molecular weight excluding hydrogens is 266 g/mol. The van der Waals surface area contributed by atoms with Gasteiger partial charge in [-0.2, -0.15) is 10.2 Å². The highest BCUT2D eigenvalue weighted by Gasteiger charge is 2.21. The number of hydrogen-bond acceptors (Lipinski definition) is 4. The van der Waals surface area contributed by atoms with Gasteiger partial charge in [0, 0.05) is 37.9 Å². The van der Waals surface area contributed by atoms with Crippen LogP contribution >= 0.6 is 0 Å². The topological polar surface area (TPSA) is 59.1 Å². The molecule has 0 amide bonds. The average Bonchev–Trinajstić information content (AvgIpc) is 3.14. The Hall–Kier alpha value is -1.66. The molecule has 1 N–H and O–H groups in total. The summed E-state index contributed by atoms with van der Waals surface area (Å²) in [6, 6.07) is 3.86. The van der Waals surface area contributed by atoms with E-state index in [2.05, 4.69) is 15.1 Å². The van der Waals surface area contributed by atoms with E-state index in [4.69, 9.17) is 0 Å². The maximum Gasteiger partial charge on any atom is 0.0862 e. The predicted octanol–water partition coefficient (Wildman–Crippen LogP) is 0.853. The molecule has 1 saturated heterocycles. The third kappa shape index (κ3) is 4.15. The molecule has 1 atom stereocenters. The lowest BCUT2D eigenvalue weighted by molar-refractivity contribution is 0.0733. The van der Waals surface area contributed by atoms with Crippen molar-refractivity contribution in [3.05, 3.63) is 36.9 Å². The molecule has 0 aliphatic carbocycles. The van der Waals surface area contributed by atoms with Crippen LogP contribution in [0.3, 0.4) is 0 Å². The Morgan fingerprint density at radius 1 is 1.00 bits per heavy atom. The van der Waals surface area contributed by atoms with Crippen molar-refractivity contribution in [1.82, 2.24) is 24.5 Å². The van der Waals surface area contributed by atoms with Crippen molar-refractivity contribution in [3.63, 3.8) is 0 Å². The van der Waals surface area contributed by atoms with Gasteiger partial charge in [0.25, 0.3) is 0 Å². The number of likely N-dealkylation sites (tertiary alicyclic amines) is 1. The van der Waals surface area contributed by atoms with Crippen LogP contribution in [0.15, 0.2) is 36.9 Å². The summed E-state index contributed by atoms with van der Waals surface area (Å²) in [6.07, 6.45) is 9.49. The molecule has 1 fully saturated rings. The van der Waals surface area contributed by atoms with Gasteiger partial charge in [-0.15, -0.1) is 0 Å². The van der Waals surface area contributed by atoms with Crippen LogP contribution in [0, 0.1) is 5.92 Å². The lowest BCUT2D eigenvalue weighted by Gasteiger charge is -2.33. The summed E-state index contributed by atoms with van der Waals surface area (Å²) in [5, 5.41) is 18.5. The van der Waals surface area contributed by atoms with Crippen LogP contribution in [-0.4, -0.2) is 55.3 Å². The SMILES string of the molecule is O[C@H](CN1CCC(Cn2cccn2)CC1)Cn1cccn1. The van der Waals surface area contributed by atoms with Gasteiger partial charge in [-0.3, -0.25) is 9.36 Å². The zero-order valence-corrected chi connectivity index (χ0v) is 12.3. The number of rotatable bonds is 6. The van der Waals surface area contributed by atoms with Crippen LogP contribution < -0.4 is 0 Å². The molecule has 0 saturated carbocycles. The average molecular weight is 289 g/mol. The Morgan fingerprint density at radius 2 is 1.67 bits per heavy atom. The summed E-state index contributed by atoms with van der Waals surface area (Å²) < 4.78 is 3.81. The highest BCUT2D eigenvalue weighted by Crippen LogP contribution is 2.19. The quantitative estimate of drug-likeness (QED) is 0.856. The Bertz CT molecular complexity index is 502. The van der Waals surface area contributed by atoms with Gasteiger partial charge in [0.1, 0.15) is 0 Å². The molecule has 0 spiro atoms. The molecule has 21 heavy (non-hydrogen) atoms. The van der Waals surface area contributed by atoms with Crippen molar-refractivity contribution in [1.29, 1.82) is 0 Å². The number of piperidine rings is 1. The van der Waals surface area contributed by atoms with Crippen molar-refractivity contribution in [2.45, 2.75) is 32.0 Å². The fraction of sp³-hybridized carbons (Fsp3) is 0.600. The van der Waals surface area contributed by atoms with E-state index in [1.165, 1.54) is 12.8 Å². The smallest absolute Gasteiger partial charge is 0.0862 e. The maximum absolute atomic E-state index is 10.1. The van der Waals surface area contributed by atoms with Crippen molar-refractivity contribution in [3.8, 4) is 0 Å². The zero-order valence-electron chi connectivity index (χ0n) is 12.3. The van der Waals surface area contributed by atoms with Gasteiger partial charge in [0.15, 0.2) is 0 Å². The second-order valence-corrected chi connectivity index (χ2v) is 5.85. The Kier molecular flexibility index (Phi) is 4.67. The number of aromatic nitrogens is 4. The zero-order chi connectivity index (χ0) is 14.5. The van der Waals surface area contributed by atoms with E-state index in [9.17, 15) is 5.11 Å². The molecule has 3 rings (SSSR count). The first-order valence-electron chi connectivity index (χ1n) is 7.65. The van der Waals surface area contributed by atoms with Crippen LogP contribution in [0.4, 0.5) is 0 Å². The van der Waals surface area contributed by atoms with E-state index in [0.29, 0.717) is 12.5 Å². The molecule has 0 bridgehead atoms. The number of aliphatic hydroxyl groups is 1. The van der Waals surface area contributed by atoms with Crippen molar-refractivity contribution in [2.24, 2.45) is 5.92 Å². The fourth-order valence-electron chi connectivity index (χ4n) is 3.00. The van der Waals surface area contributed by atoms with Crippen LogP contribution in [0.1, 0.15) is 12.8 Å². The van der Waals surface area contributed by atoms with Gasteiger partial charge < -0.3 is 10.0 Å². The summed E-state index contributed by atoms with van der Waals surface area (Å²) in [5.74, 6) is 0.699. The first kappa shape index (κ1) is 14.3. The van der Waals surface area contributed by atoms with Crippen LogP contribution in [0.2, 0.25) is 0 Å². The van der Waals surface area contributed by atoms with E-state index in [-0.39, 0.29) is 6.10 Å². The van der Waals surface area contributed by atoms with Crippen LogP contribution in [0.5, 0.6) is 0 Å². The van der Waals surface area contributed by atoms with Gasteiger partial charge >= 0.3 is 0 Å². The maximum atomic E-state index is 10.1. The summed E-state index contributed by atoms with van der Waals surface area (Å²) in [5.41, 5.74) is 0.